The smallest absolute Gasteiger partial charge is 0.138 e. The summed E-state index contributed by atoms with van der Waals surface area (Å²) in [5.41, 5.74) is 2.02. The van der Waals surface area contributed by atoms with Crippen molar-refractivity contribution < 1.29 is 0 Å². The molecule has 5 nitrogen and oxygen atoms in total. The number of aromatic nitrogens is 4. The predicted molar refractivity (Wildman–Crippen MR) is 81.1 cm³/mol. The lowest BCUT2D eigenvalue weighted by molar-refractivity contribution is 0.861. The van der Waals surface area contributed by atoms with Gasteiger partial charge in [-0.3, -0.25) is 0 Å². The summed E-state index contributed by atoms with van der Waals surface area (Å²) in [7, 11) is 0. The monoisotopic (exact) mass is 285 g/mol. The molecule has 3 rings (SSSR count). The van der Waals surface area contributed by atoms with Gasteiger partial charge in [-0.2, -0.15) is 0 Å². The van der Waals surface area contributed by atoms with Gasteiger partial charge in [0.05, 0.1) is 5.39 Å². The largest absolute Gasteiger partial charge is 0.369 e. The molecular weight excluding hydrogens is 270 g/mol. The molecule has 0 aliphatic rings. The average Bonchev–Trinajstić information content (AvgIpc) is 2.86. The molecule has 3 aromatic heterocycles. The Morgan fingerprint density at radius 3 is 2.75 bits per heavy atom. The summed E-state index contributed by atoms with van der Waals surface area (Å²) >= 11 is 1.62. The molecule has 1 N–H and O–H groups in total. The molecule has 102 valence electrons. The summed E-state index contributed by atoms with van der Waals surface area (Å²) in [6.45, 7) is 4.74. The second-order valence-electron chi connectivity index (χ2n) is 4.61. The van der Waals surface area contributed by atoms with E-state index in [-0.39, 0.29) is 0 Å². The SMILES string of the molecule is Cc1cc(C)nc(CCNc2ncnc3sccc23)n1. The summed E-state index contributed by atoms with van der Waals surface area (Å²) in [6.07, 6.45) is 2.37. The molecule has 3 heterocycles. The molecule has 0 aromatic carbocycles. The number of fused-ring (bicyclic) bond motifs is 1. The van der Waals surface area contributed by atoms with E-state index in [1.807, 2.05) is 31.4 Å². The lowest BCUT2D eigenvalue weighted by atomic mass is 10.3. The first kappa shape index (κ1) is 12.9. The van der Waals surface area contributed by atoms with Crippen molar-refractivity contribution in [1.82, 2.24) is 19.9 Å². The molecule has 20 heavy (non-hydrogen) atoms. The van der Waals surface area contributed by atoms with Crippen molar-refractivity contribution in [2.75, 3.05) is 11.9 Å². The Labute approximate surface area is 121 Å². The van der Waals surface area contributed by atoms with Crippen LogP contribution >= 0.6 is 11.3 Å². The number of thiophene rings is 1. The van der Waals surface area contributed by atoms with Gasteiger partial charge in [0, 0.05) is 24.4 Å². The lowest BCUT2D eigenvalue weighted by Crippen LogP contribution is -2.10. The highest BCUT2D eigenvalue weighted by Gasteiger charge is 2.05. The van der Waals surface area contributed by atoms with Crippen molar-refractivity contribution >= 4 is 27.4 Å². The van der Waals surface area contributed by atoms with Crippen molar-refractivity contribution in [2.24, 2.45) is 0 Å². The van der Waals surface area contributed by atoms with Gasteiger partial charge in [-0.25, -0.2) is 19.9 Å². The molecule has 0 fully saturated rings. The van der Waals surface area contributed by atoms with E-state index < -0.39 is 0 Å². The Hall–Kier alpha value is -2.08. The highest BCUT2D eigenvalue weighted by atomic mass is 32.1. The summed E-state index contributed by atoms with van der Waals surface area (Å²) in [5.74, 6) is 1.74. The number of nitrogens with zero attached hydrogens (tertiary/aromatic N) is 4. The van der Waals surface area contributed by atoms with Crippen LogP contribution in [0.25, 0.3) is 10.2 Å². The molecule has 0 spiro atoms. The van der Waals surface area contributed by atoms with Gasteiger partial charge in [0.1, 0.15) is 22.8 Å². The maximum absolute atomic E-state index is 4.44. The van der Waals surface area contributed by atoms with Crippen LogP contribution in [0.15, 0.2) is 23.8 Å². The fraction of sp³-hybridized carbons (Fsp3) is 0.286. The number of anilines is 1. The summed E-state index contributed by atoms with van der Waals surface area (Å²) in [5, 5.41) is 6.43. The van der Waals surface area contributed by atoms with Crippen LogP contribution in [-0.2, 0) is 6.42 Å². The molecule has 0 saturated carbocycles. The van der Waals surface area contributed by atoms with Crippen molar-refractivity contribution in [1.29, 1.82) is 0 Å². The number of rotatable bonds is 4. The van der Waals surface area contributed by atoms with Crippen molar-refractivity contribution in [3.05, 3.63) is 41.1 Å². The minimum atomic E-state index is 0.755. The van der Waals surface area contributed by atoms with Crippen LogP contribution in [0.4, 0.5) is 5.82 Å². The number of nitrogens with one attached hydrogen (secondary N) is 1. The molecule has 0 amide bonds. The van der Waals surface area contributed by atoms with Gasteiger partial charge < -0.3 is 5.32 Å². The van der Waals surface area contributed by atoms with Crippen molar-refractivity contribution in [3.63, 3.8) is 0 Å². The summed E-state index contributed by atoms with van der Waals surface area (Å²) in [4.78, 5) is 18.4. The van der Waals surface area contributed by atoms with Crippen LogP contribution < -0.4 is 5.32 Å². The number of aryl methyl sites for hydroxylation is 2. The van der Waals surface area contributed by atoms with Gasteiger partial charge in [-0.05, 0) is 31.4 Å². The van der Waals surface area contributed by atoms with E-state index in [1.165, 1.54) is 0 Å². The van der Waals surface area contributed by atoms with Gasteiger partial charge in [-0.1, -0.05) is 0 Å². The standard InChI is InChI=1S/C14H15N5S/c1-9-7-10(2)19-12(18-9)3-5-15-13-11-4-6-20-14(11)17-8-16-13/h4,6-8H,3,5H2,1-2H3,(H,15,16,17). The molecule has 6 heteroatoms. The Kier molecular flexibility index (Phi) is 3.56. The van der Waals surface area contributed by atoms with Crippen molar-refractivity contribution in [3.8, 4) is 0 Å². The zero-order chi connectivity index (χ0) is 13.9. The minimum absolute atomic E-state index is 0.755. The molecular formula is C14H15N5S. The van der Waals surface area contributed by atoms with Gasteiger partial charge in [0.15, 0.2) is 0 Å². The van der Waals surface area contributed by atoms with Crippen LogP contribution in [0, 0.1) is 13.8 Å². The quantitative estimate of drug-likeness (QED) is 0.798. The molecule has 0 unspecified atom stereocenters. The first-order valence-corrected chi connectivity index (χ1v) is 7.33. The highest BCUT2D eigenvalue weighted by molar-refractivity contribution is 7.16. The number of hydrogen-bond acceptors (Lipinski definition) is 6. The maximum atomic E-state index is 4.44. The Balaban J connectivity index is 1.69. The fourth-order valence-electron chi connectivity index (χ4n) is 2.13. The van der Waals surface area contributed by atoms with Crippen molar-refractivity contribution in [2.45, 2.75) is 20.3 Å². The van der Waals surface area contributed by atoms with Crippen LogP contribution in [0.2, 0.25) is 0 Å². The average molecular weight is 285 g/mol. The second-order valence-corrected chi connectivity index (χ2v) is 5.50. The van der Waals surface area contributed by atoms with E-state index in [4.69, 9.17) is 0 Å². The first-order valence-electron chi connectivity index (χ1n) is 6.45. The van der Waals surface area contributed by atoms with Gasteiger partial charge >= 0.3 is 0 Å². The first-order chi connectivity index (χ1) is 9.72. The van der Waals surface area contributed by atoms with Gasteiger partial charge in [-0.15, -0.1) is 11.3 Å². The third kappa shape index (κ3) is 2.75. The third-order valence-electron chi connectivity index (χ3n) is 2.93. The third-order valence-corrected chi connectivity index (χ3v) is 3.75. The van der Waals surface area contributed by atoms with E-state index >= 15 is 0 Å². The minimum Gasteiger partial charge on any atom is -0.369 e. The summed E-state index contributed by atoms with van der Waals surface area (Å²) < 4.78 is 0. The lowest BCUT2D eigenvalue weighted by Gasteiger charge is -2.06. The Morgan fingerprint density at radius 2 is 1.95 bits per heavy atom. The highest BCUT2D eigenvalue weighted by Crippen LogP contribution is 2.23. The van der Waals surface area contributed by atoms with Crippen LogP contribution in [0.3, 0.4) is 0 Å². The topological polar surface area (TPSA) is 63.6 Å². The number of hydrogen-bond donors (Lipinski definition) is 1. The van der Waals surface area contributed by atoms with E-state index in [2.05, 4.69) is 25.3 Å². The molecule has 0 atom stereocenters. The van der Waals surface area contributed by atoms with E-state index in [9.17, 15) is 0 Å². The predicted octanol–water partition coefficient (Wildman–Crippen LogP) is 2.75. The molecule has 0 radical (unpaired) electrons. The van der Waals surface area contributed by atoms with Crippen LogP contribution in [0.5, 0.6) is 0 Å². The normalized spacial score (nSPS) is 10.9. The molecule has 0 bridgehead atoms. The fourth-order valence-corrected chi connectivity index (χ4v) is 2.87. The Morgan fingerprint density at radius 1 is 1.15 bits per heavy atom. The van der Waals surface area contributed by atoms with E-state index in [0.29, 0.717) is 0 Å². The van der Waals surface area contributed by atoms with Crippen LogP contribution in [0.1, 0.15) is 17.2 Å². The summed E-state index contributed by atoms with van der Waals surface area (Å²) in [6, 6.07) is 4.02. The zero-order valence-electron chi connectivity index (χ0n) is 11.4. The van der Waals surface area contributed by atoms with Gasteiger partial charge in [0.2, 0.25) is 0 Å². The van der Waals surface area contributed by atoms with Crippen LogP contribution in [-0.4, -0.2) is 26.5 Å². The molecule has 0 aliphatic heterocycles. The molecule has 0 saturated heterocycles. The van der Waals surface area contributed by atoms with E-state index in [0.717, 1.165) is 46.2 Å². The Bertz CT molecular complexity index is 717. The maximum Gasteiger partial charge on any atom is 0.138 e. The van der Waals surface area contributed by atoms with E-state index in [1.54, 1.807) is 17.7 Å². The second kappa shape index (κ2) is 5.50. The molecule has 3 aromatic rings. The zero-order valence-corrected chi connectivity index (χ0v) is 12.2. The molecule has 0 aliphatic carbocycles. The van der Waals surface area contributed by atoms with Gasteiger partial charge in [0.25, 0.3) is 0 Å².